The molecule has 0 bridgehead atoms. The largest absolute Gasteiger partial charge is 0.374 e. The Morgan fingerprint density at radius 3 is 2.78 bits per heavy atom. The van der Waals surface area contributed by atoms with Gasteiger partial charge in [0, 0.05) is 53.7 Å². The molecule has 1 saturated carbocycles. The average Bonchev–Trinajstić information content (AvgIpc) is 3.22. The molecular formula is C30H41BrClN3O. The van der Waals surface area contributed by atoms with Crippen molar-refractivity contribution in [1.29, 1.82) is 0 Å². The van der Waals surface area contributed by atoms with Crippen molar-refractivity contribution in [2.75, 3.05) is 32.8 Å². The van der Waals surface area contributed by atoms with Gasteiger partial charge in [0.05, 0.1) is 12.7 Å². The van der Waals surface area contributed by atoms with Crippen molar-refractivity contribution in [3.63, 3.8) is 0 Å². The number of fused-ring (bicyclic) bond motifs is 1. The van der Waals surface area contributed by atoms with E-state index in [2.05, 4.69) is 86.7 Å². The molecule has 1 aliphatic heterocycles. The third kappa shape index (κ3) is 6.93. The van der Waals surface area contributed by atoms with Crippen LogP contribution in [0.15, 0.2) is 53.1 Å². The van der Waals surface area contributed by atoms with Gasteiger partial charge in [0.2, 0.25) is 0 Å². The molecule has 2 aromatic carbocycles. The number of nitrogens with zero attached hydrogens (tertiary/aromatic N) is 1. The summed E-state index contributed by atoms with van der Waals surface area (Å²) in [4.78, 5) is 0. The number of aromatic nitrogens is 1. The Morgan fingerprint density at radius 1 is 1.14 bits per heavy atom. The van der Waals surface area contributed by atoms with Crippen LogP contribution in [0, 0.1) is 12.8 Å². The van der Waals surface area contributed by atoms with E-state index in [1.165, 1.54) is 59.7 Å². The number of nitrogens with one attached hydrogen (secondary N) is 2. The molecule has 0 radical (unpaired) electrons. The van der Waals surface area contributed by atoms with Crippen LogP contribution in [0.4, 0.5) is 0 Å². The number of hydrogen-bond donors (Lipinski definition) is 2. The zero-order valence-electron chi connectivity index (χ0n) is 21.5. The average molecular weight is 575 g/mol. The summed E-state index contributed by atoms with van der Waals surface area (Å²) in [5, 5.41) is 8.51. The summed E-state index contributed by atoms with van der Waals surface area (Å²) in [6.45, 7) is 7.94. The molecule has 1 saturated heterocycles. The van der Waals surface area contributed by atoms with Crippen LogP contribution in [0.2, 0.25) is 0 Å². The standard InChI is InChI=1S/C30H40BrN3O.ClH/c1-22-6-5-9-24(16-22)27(12-13-32-18-26-19-33-14-15-35-26)29-21-34(20-23-7-3-2-4-8-23)30-11-10-25(31)17-28(29)30;/h5-6,9-11,16-17,21,23,26-27,32-33H,2-4,7-8,12-15,18-20H2,1H3;1H. The molecule has 1 aromatic heterocycles. The lowest BCUT2D eigenvalue weighted by Gasteiger charge is -2.24. The number of benzene rings is 2. The number of halogens is 2. The fourth-order valence-electron chi connectivity index (χ4n) is 6.02. The number of aryl methyl sites for hydroxylation is 1. The maximum atomic E-state index is 5.88. The summed E-state index contributed by atoms with van der Waals surface area (Å²) < 4.78 is 9.60. The van der Waals surface area contributed by atoms with Crippen LogP contribution in [0.3, 0.4) is 0 Å². The highest BCUT2D eigenvalue weighted by Gasteiger charge is 2.22. The summed E-state index contributed by atoms with van der Waals surface area (Å²) in [5.41, 5.74) is 5.58. The Bertz CT molecular complexity index is 1100. The van der Waals surface area contributed by atoms with Gasteiger partial charge in [-0.1, -0.05) is 65.0 Å². The van der Waals surface area contributed by atoms with Crippen LogP contribution in [0.25, 0.3) is 10.9 Å². The van der Waals surface area contributed by atoms with E-state index in [0.717, 1.165) is 56.1 Å². The predicted octanol–water partition coefficient (Wildman–Crippen LogP) is 6.81. The van der Waals surface area contributed by atoms with Gasteiger partial charge in [0.15, 0.2) is 0 Å². The van der Waals surface area contributed by atoms with Crippen molar-refractivity contribution in [2.45, 2.75) is 64.0 Å². The lowest BCUT2D eigenvalue weighted by atomic mass is 9.87. The van der Waals surface area contributed by atoms with Crippen LogP contribution in [-0.2, 0) is 11.3 Å². The highest BCUT2D eigenvalue weighted by atomic mass is 79.9. The number of ether oxygens (including phenoxy) is 1. The summed E-state index contributed by atoms with van der Waals surface area (Å²) in [5.74, 6) is 1.16. The first kappa shape index (κ1) is 27.7. The molecule has 1 aliphatic carbocycles. The highest BCUT2D eigenvalue weighted by molar-refractivity contribution is 9.10. The van der Waals surface area contributed by atoms with Crippen LogP contribution < -0.4 is 10.6 Å². The molecule has 2 unspecified atom stereocenters. The van der Waals surface area contributed by atoms with Gasteiger partial charge in [0.25, 0.3) is 0 Å². The monoisotopic (exact) mass is 573 g/mol. The number of hydrogen-bond acceptors (Lipinski definition) is 3. The number of rotatable bonds is 9. The van der Waals surface area contributed by atoms with Crippen molar-refractivity contribution in [2.24, 2.45) is 5.92 Å². The predicted molar refractivity (Wildman–Crippen MR) is 157 cm³/mol. The van der Waals surface area contributed by atoms with Crippen molar-refractivity contribution in [3.05, 3.63) is 69.8 Å². The Balaban J connectivity index is 0.00000304. The molecule has 2 atom stereocenters. The molecular weight excluding hydrogens is 534 g/mol. The van der Waals surface area contributed by atoms with Gasteiger partial charge in [-0.25, -0.2) is 0 Å². The van der Waals surface area contributed by atoms with E-state index in [1.54, 1.807) is 0 Å². The van der Waals surface area contributed by atoms with E-state index in [0.29, 0.717) is 5.92 Å². The fraction of sp³-hybridized carbons (Fsp3) is 0.533. The van der Waals surface area contributed by atoms with Crippen LogP contribution in [0.5, 0.6) is 0 Å². The minimum atomic E-state index is 0. The second kappa shape index (κ2) is 13.4. The molecule has 2 heterocycles. The molecule has 0 amide bonds. The van der Waals surface area contributed by atoms with Crippen LogP contribution in [-0.4, -0.2) is 43.5 Å². The second-order valence-electron chi connectivity index (χ2n) is 10.6. The summed E-state index contributed by atoms with van der Waals surface area (Å²) in [6.07, 6.45) is 10.7. The van der Waals surface area contributed by atoms with E-state index in [9.17, 15) is 0 Å². The van der Waals surface area contributed by atoms with Gasteiger partial charge in [0.1, 0.15) is 0 Å². The molecule has 5 rings (SSSR count). The molecule has 2 aliphatic rings. The van der Waals surface area contributed by atoms with Crippen molar-refractivity contribution in [3.8, 4) is 0 Å². The molecule has 0 spiro atoms. The first-order valence-electron chi connectivity index (χ1n) is 13.6. The van der Waals surface area contributed by atoms with E-state index in [4.69, 9.17) is 4.74 Å². The first-order chi connectivity index (χ1) is 17.2. The van der Waals surface area contributed by atoms with E-state index >= 15 is 0 Å². The Labute approximate surface area is 231 Å². The second-order valence-corrected chi connectivity index (χ2v) is 11.5. The third-order valence-electron chi connectivity index (χ3n) is 7.86. The van der Waals surface area contributed by atoms with Gasteiger partial charge < -0.3 is 19.9 Å². The normalized spacial score (nSPS) is 19.8. The lowest BCUT2D eigenvalue weighted by Crippen LogP contribution is -2.44. The quantitative estimate of drug-likeness (QED) is 0.276. The Hall–Kier alpha value is -1.37. The minimum absolute atomic E-state index is 0. The van der Waals surface area contributed by atoms with E-state index in [1.807, 2.05) is 0 Å². The molecule has 2 N–H and O–H groups in total. The third-order valence-corrected chi connectivity index (χ3v) is 8.35. The molecule has 4 nitrogen and oxygen atoms in total. The molecule has 3 aromatic rings. The van der Waals surface area contributed by atoms with Crippen molar-refractivity contribution in [1.82, 2.24) is 15.2 Å². The topological polar surface area (TPSA) is 38.2 Å². The molecule has 6 heteroatoms. The van der Waals surface area contributed by atoms with E-state index < -0.39 is 0 Å². The summed E-state index contributed by atoms with van der Waals surface area (Å²) in [6, 6.07) is 15.9. The Morgan fingerprint density at radius 2 is 2.00 bits per heavy atom. The fourth-order valence-corrected chi connectivity index (χ4v) is 6.38. The van der Waals surface area contributed by atoms with Crippen molar-refractivity contribution < 1.29 is 4.74 Å². The van der Waals surface area contributed by atoms with E-state index in [-0.39, 0.29) is 18.5 Å². The van der Waals surface area contributed by atoms with Crippen LogP contribution in [0.1, 0.15) is 61.1 Å². The highest BCUT2D eigenvalue weighted by Crippen LogP contribution is 2.37. The maximum absolute atomic E-state index is 5.88. The zero-order valence-corrected chi connectivity index (χ0v) is 23.9. The zero-order chi connectivity index (χ0) is 24.0. The molecule has 2 fully saturated rings. The maximum Gasteiger partial charge on any atom is 0.0824 e. The smallest absolute Gasteiger partial charge is 0.0824 e. The van der Waals surface area contributed by atoms with Crippen LogP contribution >= 0.6 is 28.3 Å². The van der Waals surface area contributed by atoms with Gasteiger partial charge >= 0.3 is 0 Å². The van der Waals surface area contributed by atoms with Gasteiger partial charge in [-0.3, -0.25) is 0 Å². The lowest BCUT2D eigenvalue weighted by molar-refractivity contribution is 0.0293. The Kier molecular flexibility index (Phi) is 10.3. The minimum Gasteiger partial charge on any atom is -0.374 e. The van der Waals surface area contributed by atoms with Gasteiger partial charge in [-0.15, -0.1) is 12.4 Å². The number of morpholine rings is 1. The molecule has 36 heavy (non-hydrogen) atoms. The van der Waals surface area contributed by atoms with Gasteiger partial charge in [-0.05, 0) is 68.0 Å². The summed E-state index contributed by atoms with van der Waals surface area (Å²) >= 11 is 3.76. The SMILES string of the molecule is Cc1cccc(C(CCNCC2CNCCO2)c2cn(CC3CCCCC3)c3ccc(Br)cc23)c1.Cl. The van der Waals surface area contributed by atoms with Gasteiger partial charge in [-0.2, -0.15) is 0 Å². The summed E-state index contributed by atoms with van der Waals surface area (Å²) in [7, 11) is 0. The van der Waals surface area contributed by atoms with Crippen molar-refractivity contribution >= 4 is 39.2 Å². The molecule has 196 valence electrons. The first-order valence-corrected chi connectivity index (χ1v) is 14.3.